The highest BCUT2D eigenvalue weighted by Gasteiger charge is 2.16. The van der Waals surface area contributed by atoms with E-state index in [-0.39, 0.29) is 0 Å². The van der Waals surface area contributed by atoms with E-state index in [0.717, 1.165) is 77.6 Å². The summed E-state index contributed by atoms with van der Waals surface area (Å²) in [6, 6.07) is 83.0. The van der Waals surface area contributed by atoms with Crippen LogP contribution in [-0.4, -0.2) is 15.0 Å². The maximum atomic E-state index is 6.55. The maximum Gasteiger partial charge on any atom is 0.164 e. The summed E-state index contributed by atoms with van der Waals surface area (Å²) < 4.78 is 6.55. The molecule has 0 aliphatic heterocycles. The van der Waals surface area contributed by atoms with Gasteiger partial charge in [-0.2, -0.15) is 0 Å². The highest BCUT2D eigenvalue weighted by atomic mass is 16.3. The van der Waals surface area contributed by atoms with Gasteiger partial charge in [-0.25, -0.2) is 15.0 Å². The molecule has 12 aromatic rings. The van der Waals surface area contributed by atoms with E-state index in [9.17, 15) is 0 Å². The molecule has 4 heteroatoms. The third-order valence-corrected chi connectivity index (χ3v) is 12.4. The Hall–Kier alpha value is -8.73. The lowest BCUT2D eigenvalue weighted by molar-refractivity contribution is 0.669. The molecule has 4 nitrogen and oxygen atoms in total. The van der Waals surface area contributed by atoms with Crippen molar-refractivity contribution < 1.29 is 4.42 Å². The zero-order chi connectivity index (χ0) is 43.1. The molecule has 0 bridgehead atoms. The molecule has 0 atom stereocenters. The van der Waals surface area contributed by atoms with Crippen molar-refractivity contribution >= 4 is 32.7 Å². The van der Waals surface area contributed by atoms with Crippen LogP contribution in [0.2, 0.25) is 0 Å². The SMILES string of the molecule is c1ccc(-c2ccc(-c3nc(-c4ccc(-c5ccc6ccccc6c5)cc4)nc(-c4ccc(-c5ccc6c(c5)oc5cccc(-c7cccc(-c8ccccc8)c7)c56)cc4)n3)cc2)cc1. The number of fused-ring (bicyclic) bond motifs is 4. The van der Waals surface area contributed by atoms with E-state index in [0.29, 0.717) is 17.5 Å². The van der Waals surface area contributed by atoms with E-state index in [1.165, 1.54) is 27.5 Å². The van der Waals surface area contributed by atoms with Gasteiger partial charge in [0.15, 0.2) is 17.5 Å². The fourth-order valence-electron chi connectivity index (χ4n) is 8.94. The summed E-state index contributed by atoms with van der Waals surface area (Å²) in [5, 5.41) is 4.66. The van der Waals surface area contributed by atoms with E-state index in [1.807, 2.05) is 6.07 Å². The number of nitrogens with zero attached hydrogens (tertiary/aromatic N) is 3. The van der Waals surface area contributed by atoms with Gasteiger partial charge >= 0.3 is 0 Å². The lowest BCUT2D eigenvalue weighted by atomic mass is 9.95. The monoisotopic (exact) mass is 829 g/mol. The Bertz CT molecular complexity index is 3670. The van der Waals surface area contributed by atoms with Crippen LogP contribution in [0.1, 0.15) is 0 Å². The Kier molecular flexibility index (Phi) is 9.46. The van der Waals surface area contributed by atoms with Gasteiger partial charge < -0.3 is 4.42 Å². The lowest BCUT2D eigenvalue weighted by Gasteiger charge is -2.10. The summed E-state index contributed by atoms with van der Waals surface area (Å²) in [4.78, 5) is 15.2. The van der Waals surface area contributed by atoms with Gasteiger partial charge in [0.1, 0.15) is 11.2 Å². The van der Waals surface area contributed by atoms with Crippen molar-refractivity contribution in [2.45, 2.75) is 0 Å². The first-order valence-corrected chi connectivity index (χ1v) is 21.9. The highest BCUT2D eigenvalue weighted by molar-refractivity contribution is 6.13. The van der Waals surface area contributed by atoms with E-state index >= 15 is 0 Å². The maximum absolute atomic E-state index is 6.55. The van der Waals surface area contributed by atoms with Crippen LogP contribution in [0.4, 0.5) is 0 Å². The van der Waals surface area contributed by atoms with Gasteiger partial charge in [-0.1, -0.05) is 206 Å². The van der Waals surface area contributed by atoms with Crippen molar-refractivity contribution in [1.82, 2.24) is 15.0 Å². The molecule has 0 saturated carbocycles. The van der Waals surface area contributed by atoms with Crippen LogP contribution in [0, 0.1) is 0 Å². The second-order valence-electron chi connectivity index (χ2n) is 16.4. The molecule has 2 heterocycles. The largest absolute Gasteiger partial charge is 0.456 e. The summed E-state index contributed by atoms with van der Waals surface area (Å²) in [7, 11) is 0. The van der Waals surface area contributed by atoms with Crippen LogP contribution < -0.4 is 0 Å². The smallest absolute Gasteiger partial charge is 0.164 e. The molecular weight excluding hydrogens is 791 g/mol. The predicted molar refractivity (Wildman–Crippen MR) is 268 cm³/mol. The average molecular weight is 830 g/mol. The minimum absolute atomic E-state index is 0.610. The summed E-state index contributed by atoms with van der Waals surface area (Å²) in [6.07, 6.45) is 0. The van der Waals surface area contributed by atoms with Crippen molar-refractivity contribution in [2.24, 2.45) is 0 Å². The summed E-state index contributed by atoms with van der Waals surface area (Å²) in [6.45, 7) is 0. The third kappa shape index (κ3) is 7.33. The number of hydrogen-bond acceptors (Lipinski definition) is 4. The van der Waals surface area contributed by atoms with Crippen LogP contribution in [0.5, 0.6) is 0 Å². The minimum Gasteiger partial charge on any atom is -0.456 e. The Labute approximate surface area is 376 Å². The molecule has 0 spiro atoms. The molecule has 304 valence electrons. The Balaban J connectivity index is 0.884. The second-order valence-corrected chi connectivity index (χ2v) is 16.4. The molecule has 65 heavy (non-hydrogen) atoms. The van der Waals surface area contributed by atoms with Crippen molar-refractivity contribution in [3.05, 3.63) is 237 Å². The number of furan rings is 1. The predicted octanol–water partition coefficient (Wildman–Crippen LogP) is 16.3. The molecule has 0 N–H and O–H groups in total. The van der Waals surface area contributed by atoms with Gasteiger partial charge in [0.2, 0.25) is 0 Å². The van der Waals surface area contributed by atoms with Crippen LogP contribution in [0.15, 0.2) is 241 Å². The van der Waals surface area contributed by atoms with Crippen molar-refractivity contribution in [1.29, 1.82) is 0 Å². The van der Waals surface area contributed by atoms with Gasteiger partial charge in [-0.05, 0) is 96.7 Å². The molecule has 0 radical (unpaired) electrons. The Morgan fingerprint density at radius 2 is 0.662 bits per heavy atom. The molecule has 0 unspecified atom stereocenters. The van der Waals surface area contributed by atoms with Gasteiger partial charge in [-0.3, -0.25) is 0 Å². The lowest BCUT2D eigenvalue weighted by Crippen LogP contribution is -2.00. The average Bonchev–Trinajstić information content (AvgIpc) is 3.77. The molecule has 0 aliphatic rings. The molecule has 10 aromatic carbocycles. The quantitative estimate of drug-likeness (QED) is 0.153. The number of rotatable bonds is 8. The van der Waals surface area contributed by atoms with Crippen LogP contribution in [0.25, 0.3) is 123 Å². The van der Waals surface area contributed by atoms with E-state index in [2.05, 4.69) is 231 Å². The van der Waals surface area contributed by atoms with Gasteiger partial charge in [0, 0.05) is 27.5 Å². The molecule has 12 rings (SSSR count). The van der Waals surface area contributed by atoms with Crippen molar-refractivity contribution in [3.63, 3.8) is 0 Å². The number of aromatic nitrogens is 3. The van der Waals surface area contributed by atoms with Crippen LogP contribution >= 0.6 is 0 Å². The number of hydrogen-bond donors (Lipinski definition) is 0. The minimum atomic E-state index is 0.610. The topological polar surface area (TPSA) is 51.8 Å². The first kappa shape index (κ1) is 38.0. The standard InChI is InChI=1S/C61H39N3O/c1-3-11-40(12-4-1)43-21-28-46(29-22-43)59-62-60(47-30-23-44(24-31-47)51-34-27-42-15-7-8-16-49(42)37-51)64-61(63-59)48-32-25-45(26-33-48)52-35-36-55-57(39-52)65-56-20-10-19-54(58(55)56)53-18-9-17-50(38-53)41-13-5-2-6-14-41/h1-39H. The third-order valence-electron chi connectivity index (χ3n) is 12.4. The van der Waals surface area contributed by atoms with E-state index in [1.54, 1.807) is 0 Å². The zero-order valence-corrected chi connectivity index (χ0v) is 35.3. The van der Waals surface area contributed by atoms with E-state index < -0.39 is 0 Å². The molecule has 2 aromatic heterocycles. The summed E-state index contributed by atoms with van der Waals surface area (Å²) in [5.74, 6) is 1.85. The highest BCUT2D eigenvalue weighted by Crippen LogP contribution is 2.40. The fourth-order valence-corrected chi connectivity index (χ4v) is 8.94. The summed E-state index contributed by atoms with van der Waals surface area (Å²) in [5.41, 5.74) is 15.9. The fraction of sp³-hybridized carbons (Fsp3) is 0. The molecule has 0 amide bonds. The van der Waals surface area contributed by atoms with Crippen molar-refractivity contribution in [2.75, 3.05) is 0 Å². The zero-order valence-electron chi connectivity index (χ0n) is 35.3. The Morgan fingerprint density at radius 1 is 0.246 bits per heavy atom. The first-order chi connectivity index (χ1) is 32.2. The van der Waals surface area contributed by atoms with Gasteiger partial charge in [0.25, 0.3) is 0 Å². The molecule has 0 saturated heterocycles. The molecular formula is C61H39N3O. The van der Waals surface area contributed by atoms with Gasteiger partial charge in [0.05, 0.1) is 0 Å². The second kappa shape index (κ2) is 16.2. The summed E-state index contributed by atoms with van der Waals surface area (Å²) >= 11 is 0. The Morgan fingerprint density at radius 3 is 1.28 bits per heavy atom. The molecule has 0 aliphatic carbocycles. The van der Waals surface area contributed by atoms with Crippen LogP contribution in [-0.2, 0) is 0 Å². The van der Waals surface area contributed by atoms with Gasteiger partial charge in [-0.15, -0.1) is 0 Å². The molecule has 0 fully saturated rings. The van der Waals surface area contributed by atoms with E-state index in [4.69, 9.17) is 19.4 Å². The number of benzene rings is 10. The van der Waals surface area contributed by atoms with Crippen molar-refractivity contribution in [3.8, 4) is 89.8 Å². The van der Waals surface area contributed by atoms with Crippen LogP contribution in [0.3, 0.4) is 0 Å². The normalized spacial score (nSPS) is 11.4. The first-order valence-electron chi connectivity index (χ1n) is 21.9.